The third kappa shape index (κ3) is 7.95. The first-order valence-electron chi connectivity index (χ1n) is 9.85. The van der Waals surface area contributed by atoms with Crippen LogP contribution in [0, 0.1) is 11.8 Å². The number of aliphatic hydroxyl groups excluding tert-OH is 1. The Morgan fingerprint density at radius 3 is 2.67 bits per heavy atom. The predicted molar refractivity (Wildman–Crippen MR) is 104 cm³/mol. The van der Waals surface area contributed by atoms with Crippen LogP contribution in [0.15, 0.2) is 42.5 Å². The largest absolute Gasteiger partial charge is 0.491 e. The molecule has 0 amide bonds. The fraction of sp³-hybridized carbons (Fsp3) is 0.545. The maximum absolute atomic E-state index is 12.2. The summed E-state index contributed by atoms with van der Waals surface area (Å²) in [4.78, 5) is 22.7. The van der Waals surface area contributed by atoms with Crippen molar-refractivity contribution < 1.29 is 24.5 Å². The summed E-state index contributed by atoms with van der Waals surface area (Å²) in [6.07, 6.45) is 9.02. The number of allylic oxidation sites excluding steroid dienone is 1. The molecule has 0 heterocycles. The second-order valence-electron chi connectivity index (χ2n) is 7.20. The number of Topliss-reactive ketones (excluding diaryl/α,β-unsaturated/α-hetero) is 1. The van der Waals surface area contributed by atoms with Gasteiger partial charge in [-0.05, 0) is 37.3 Å². The van der Waals surface area contributed by atoms with E-state index in [9.17, 15) is 14.7 Å². The number of hydrogen-bond donors (Lipinski definition) is 2. The molecule has 5 nitrogen and oxygen atoms in total. The standard InChI is InChI=1S/C22H30O5/c23-18(16-27-19-8-4-3-5-9-19)14-12-17-13-15-21(24)20(17)10-6-1-2-7-11-22(25)26/h3-5,8-9,12,14,17-18,20,23H,1-2,6-7,10-11,13,15-16H2,(H,25,26)/b14-12+/t17-,18-,20+/m0/s1. The van der Waals surface area contributed by atoms with E-state index in [1.807, 2.05) is 36.4 Å². The monoisotopic (exact) mass is 374 g/mol. The zero-order valence-electron chi connectivity index (χ0n) is 15.8. The average molecular weight is 374 g/mol. The summed E-state index contributed by atoms with van der Waals surface area (Å²) >= 11 is 0. The van der Waals surface area contributed by atoms with Crippen molar-refractivity contribution in [3.05, 3.63) is 42.5 Å². The first-order valence-corrected chi connectivity index (χ1v) is 9.85. The van der Waals surface area contributed by atoms with Gasteiger partial charge in [-0.15, -0.1) is 0 Å². The molecule has 1 aliphatic rings. The number of ether oxygens (including phenoxy) is 1. The molecule has 1 aromatic rings. The quantitative estimate of drug-likeness (QED) is 0.427. The summed E-state index contributed by atoms with van der Waals surface area (Å²) in [5.41, 5.74) is 0. The summed E-state index contributed by atoms with van der Waals surface area (Å²) in [5, 5.41) is 18.7. The minimum Gasteiger partial charge on any atom is -0.491 e. The zero-order valence-corrected chi connectivity index (χ0v) is 15.8. The molecule has 1 saturated carbocycles. The third-order valence-electron chi connectivity index (χ3n) is 5.05. The number of hydrogen-bond acceptors (Lipinski definition) is 4. The summed E-state index contributed by atoms with van der Waals surface area (Å²) in [6.45, 7) is 0.190. The van der Waals surface area contributed by atoms with Crippen LogP contribution in [0.1, 0.15) is 51.4 Å². The lowest BCUT2D eigenvalue weighted by Gasteiger charge is -2.15. The molecule has 3 atom stereocenters. The Morgan fingerprint density at radius 2 is 1.93 bits per heavy atom. The number of rotatable bonds is 12. The van der Waals surface area contributed by atoms with Crippen molar-refractivity contribution in [3.63, 3.8) is 0 Å². The van der Waals surface area contributed by atoms with Gasteiger partial charge in [-0.1, -0.05) is 49.6 Å². The smallest absolute Gasteiger partial charge is 0.303 e. The SMILES string of the molecule is O=C(O)CCCCCC[C@H]1C(=O)CC[C@@H]1/C=C/[C@H](O)COc1ccccc1. The molecule has 1 aliphatic carbocycles. The minimum atomic E-state index is -0.749. The van der Waals surface area contributed by atoms with Gasteiger partial charge in [0.1, 0.15) is 24.2 Å². The number of benzene rings is 1. The lowest BCUT2D eigenvalue weighted by atomic mass is 9.89. The average Bonchev–Trinajstić information content (AvgIpc) is 3.01. The van der Waals surface area contributed by atoms with Crippen LogP contribution in [0.25, 0.3) is 0 Å². The highest BCUT2D eigenvalue weighted by Gasteiger charge is 2.32. The molecule has 0 spiro atoms. The second kappa shape index (κ2) is 11.5. The van der Waals surface area contributed by atoms with Gasteiger partial charge in [0.05, 0.1) is 0 Å². The van der Waals surface area contributed by atoms with Gasteiger partial charge in [0.15, 0.2) is 0 Å². The molecule has 2 N–H and O–H groups in total. The first-order chi connectivity index (χ1) is 13.1. The number of aliphatic carboxylic acids is 1. The van der Waals surface area contributed by atoms with Crippen molar-refractivity contribution in [1.82, 2.24) is 0 Å². The van der Waals surface area contributed by atoms with E-state index in [-0.39, 0.29) is 24.9 Å². The van der Waals surface area contributed by atoms with Crippen LogP contribution in [0.3, 0.4) is 0 Å². The molecule has 0 aliphatic heterocycles. The Labute approximate surface area is 161 Å². The van der Waals surface area contributed by atoms with E-state index in [1.165, 1.54) is 0 Å². The second-order valence-corrected chi connectivity index (χ2v) is 7.20. The molecule has 0 bridgehead atoms. The Morgan fingerprint density at radius 1 is 1.19 bits per heavy atom. The molecule has 2 rings (SSSR count). The number of carbonyl (C=O) groups is 2. The van der Waals surface area contributed by atoms with Crippen LogP contribution in [0.2, 0.25) is 0 Å². The maximum atomic E-state index is 12.2. The Kier molecular flexibility index (Phi) is 9.05. The molecule has 1 fully saturated rings. The molecule has 148 valence electrons. The maximum Gasteiger partial charge on any atom is 0.303 e. The number of carbonyl (C=O) groups excluding carboxylic acids is 1. The van der Waals surface area contributed by atoms with Gasteiger partial charge in [-0.25, -0.2) is 0 Å². The van der Waals surface area contributed by atoms with Gasteiger partial charge >= 0.3 is 5.97 Å². The van der Waals surface area contributed by atoms with Crippen LogP contribution in [0.5, 0.6) is 5.75 Å². The minimum absolute atomic E-state index is 0.0305. The number of carboxylic acids is 1. The highest BCUT2D eigenvalue weighted by molar-refractivity contribution is 5.83. The lowest BCUT2D eigenvalue weighted by Crippen LogP contribution is -2.17. The molecule has 0 aromatic heterocycles. The molecule has 1 aromatic carbocycles. The van der Waals surface area contributed by atoms with Gasteiger partial charge in [-0.2, -0.15) is 0 Å². The van der Waals surface area contributed by atoms with Crippen LogP contribution < -0.4 is 4.74 Å². The number of aliphatic hydroxyl groups is 1. The van der Waals surface area contributed by atoms with E-state index in [1.54, 1.807) is 6.08 Å². The van der Waals surface area contributed by atoms with Gasteiger partial charge in [0.25, 0.3) is 0 Å². The van der Waals surface area contributed by atoms with Crippen molar-refractivity contribution in [2.75, 3.05) is 6.61 Å². The Balaban J connectivity index is 1.70. The lowest BCUT2D eigenvalue weighted by molar-refractivity contribution is -0.137. The highest BCUT2D eigenvalue weighted by Crippen LogP contribution is 2.34. The molecule has 0 radical (unpaired) electrons. The van der Waals surface area contributed by atoms with Crippen LogP contribution in [0.4, 0.5) is 0 Å². The van der Waals surface area contributed by atoms with Gasteiger partial charge in [0.2, 0.25) is 0 Å². The molecular formula is C22H30O5. The van der Waals surface area contributed by atoms with E-state index in [2.05, 4.69) is 0 Å². The Bertz CT molecular complexity index is 610. The summed E-state index contributed by atoms with van der Waals surface area (Å²) in [6, 6.07) is 9.37. The number of para-hydroxylation sites is 1. The fourth-order valence-electron chi connectivity index (χ4n) is 3.56. The predicted octanol–water partition coefficient (Wildman–Crippen LogP) is 4.00. The first kappa shape index (κ1) is 21.2. The molecule has 0 unspecified atom stereocenters. The number of unbranched alkanes of at least 4 members (excludes halogenated alkanes) is 3. The molecular weight excluding hydrogens is 344 g/mol. The van der Waals surface area contributed by atoms with Crippen molar-refractivity contribution in [2.45, 2.75) is 57.5 Å². The van der Waals surface area contributed by atoms with Gasteiger partial charge in [0, 0.05) is 18.8 Å². The summed E-state index contributed by atoms with van der Waals surface area (Å²) in [5.74, 6) is 0.499. The normalized spacial score (nSPS) is 20.9. The van der Waals surface area contributed by atoms with Gasteiger partial charge in [-0.3, -0.25) is 9.59 Å². The fourth-order valence-corrected chi connectivity index (χ4v) is 3.56. The van der Waals surface area contributed by atoms with Crippen LogP contribution in [-0.4, -0.2) is 34.7 Å². The van der Waals surface area contributed by atoms with E-state index in [0.29, 0.717) is 18.6 Å². The van der Waals surface area contributed by atoms with E-state index >= 15 is 0 Å². The summed E-state index contributed by atoms with van der Waals surface area (Å²) in [7, 11) is 0. The summed E-state index contributed by atoms with van der Waals surface area (Å²) < 4.78 is 5.54. The number of carboxylic acid groups (broad SMARTS) is 1. The third-order valence-corrected chi connectivity index (χ3v) is 5.05. The van der Waals surface area contributed by atoms with Crippen molar-refractivity contribution in [2.24, 2.45) is 11.8 Å². The van der Waals surface area contributed by atoms with Gasteiger partial charge < -0.3 is 14.9 Å². The van der Waals surface area contributed by atoms with E-state index in [0.717, 1.165) is 37.9 Å². The zero-order chi connectivity index (χ0) is 19.5. The van der Waals surface area contributed by atoms with Crippen molar-refractivity contribution in [3.8, 4) is 5.75 Å². The highest BCUT2D eigenvalue weighted by atomic mass is 16.5. The van der Waals surface area contributed by atoms with E-state index < -0.39 is 12.1 Å². The molecule has 0 saturated heterocycles. The topological polar surface area (TPSA) is 83.8 Å². The molecule has 5 heteroatoms. The number of ketones is 1. The van der Waals surface area contributed by atoms with Crippen molar-refractivity contribution >= 4 is 11.8 Å². The van der Waals surface area contributed by atoms with Crippen LogP contribution in [-0.2, 0) is 9.59 Å². The van der Waals surface area contributed by atoms with Crippen molar-refractivity contribution in [1.29, 1.82) is 0 Å². The Hall–Kier alpha value is -2.14. The van der Waals surface area contributed by atoms with Crippen LogP contribution >= 0.6 is 0 Å². The molecule has 27 heavy (non-hydrogen) atoms. The van der Waals surface area contributed by atoms with E-state index in [4.69, 9.17) is 9.84 Å².